The average Bonchev–Trinajstić information content (AvgIpc) is 2.46. The van der Waals surface area contributed by atoms with E-state index in [0.29, 0.717) is 0 Å². The molecule has 1 aromatic rings. The van der Waals surface area contributed by atoms with Crippen molar-refractivity contribution >= 4 is 12.0 Å². The molecule has 0 unspecified atom stereocenters. The number of likely N-dealkylation sites (N-methyl/N-ethyl adjacent to an activating group) is 1. The van der Waals surface area contributed by atoms with Crippen LogP contribution in [0.25, 0.3) is 6.08 Å². The molecule has 1 heterocycles. The SMILES string of the molecule is CCN1CCN(C(=O)C=Cc2ccccc2)CC1. The topological polar surface area (TPSA) is 23.6 Å². The van der Waals surface area contributed by atoms with E-state index in [4.69, 9.17) is 0 Å². The van der Waals surface area contributed by atoms with E-state index < -0.39 is 0 Å². The van der Waals surface area contributed by atoms with Gasteiger partial charge in [0.2, 0.25) is 5.91 Å². The van der Waals surface area contributed by atoms with Gasteiger partial charge in [-0.05, 0) is 18.2 Å². The molecule has 0 aromatic heterocycles. The summed E-state index contributed by atoms with van der Waals surface area (Å²) in [4.78, 5) is 16.3. The van der Waals surface area contributed by atoms with E-state index in [1.807, 2.05) is 41.3 Å². The largest absolute Gasteiger partial charge is 0.337 e. The Bertz CT molecular complexity index is 406. The number of carbonyl (C=O) groups is 1. The van der Waals surface area contributed by atoms with Gasteiger partial charge in [0.25, 0.3) is 0 Å². The fourth-order valence-corrected chi connectivity index (χ4v) is 2.12. The van der Waals surface area contributed by atoms with E-state index in [0.717, 1.165) is 38.3 Å². The van der Waals surface area contributed by atoms with E-state index in [-0.39, 0.29) is 5.91 Å². The molecule has 1 fully saturated rings. The lowest BCUT2D eigenvalue weighted by Crippen LogP contribution is -2.48. The molecule has 0 aliphatic carbocycles. The number of hydrogen-bond acceptors (Lipinski definition) is 2. The van der Waals surface area contributed by atoms with E-state index in [1.165, 1.54) is 0 Å². The number of piperazine rings is 1. The van der Waals surface area contributed by atoms with Gasteiger partial charge in [0, 0.05) is 32.3 Å². The zero-order chi connectivity index (χ0) is 12.8. The van der Waals surface area contributed by atoms with Crippen molar-refractivity contribution in [2.24, 2.45) is 0 Å². The molecule has 0 radical (unpaired) electrons. The van der Waals surface area contributed by atoms with Crippen LogP contribution in [0, 0.1) is 0 Å². The molecule has 0 N–H and O–H groups in total. The summed E-state index contributed by atoms with van der Waals surface area (Å²) in [5, 5.41) is 0. The molecular formula is C15H20N2O. The minimum absolute atomic E-state index is 0.120. The Labute approximate surface area is 109 Å². The number of carbonyl (C=O) groups excluding carboxylic acids is 1. The van der Waals surface area contributed by atoms with Gasteiger partial charge in [0.15, 0.2) is 0 Å². The van der Waals surface area contributed by atoms with Crippen molar-refractivity contribution in [3.05, 3.63) is 42.0 Å². The van der Waals surface area contributed by atoms with Crippen LogP contribution in [-0.2, 0) is 4.79 Å². The zero-order valence-corrected chi connectivity index (χ0v) is 10.9. The van der Waals surface area contributed by atoms with Crippen LogP contribution in [0.15, 0.2) is 36.4 Å². The maximum Gasteiger partial charge on any atom is 0.246 e. The molecule has 0 saturated carbocycles. The molecule has 1 aliphatic rings. The van der Waals surface area contributed by atoms with Crippen LogP contribution in [0.4, 0.5) is 0 Å². The highest BCUT2D eigenvalue weighted by Gasteiger charge is 2.17. The maximum absolute atomic E-state index is 12.0. The summed E-state index contributed by atoms with van der Waals surface area (Å²) in [6, 6.07) is 9.93. The molecule has 1 amide bonds. The summed E-state index contributed by atoms with van der Waals surface area (Å²) < 4.78 is 0. The molecule has 1 aliphatic heterocycles. The molecule has 2 rings (SSSR count). The first-order valence-corrected chi connectivity index (χ1v) is 6.54. The predicted molar refractivity (Wildman–Crippen MR) is 74.2 cm³/mol. The molecule has 1 saturated heterocycles. The molecule has 1 aromatic carbocycles. The van der Waals surface area contributed by atoms with Crippen molar-refractivity contribution < 1.29 is 4.79 Å². The molecule has 3 nitrogen and oxygen atoms in total. The zero-order valence-electron chi connectivity index (χ0n) is 10.9. The van der Waals surface area contributed by atoms with Crippen molar-refractivity contribution in [1.29, 1.82) is 0 Å². The lowest BCUT2D eigenvalue weighted by Gasteiger charge is -2.33. The van der Waals surface area contributed by atoms with Gasteiger partial charge in [-0.1, -0.05) is 37.3 Å². The summed E-state index contributed by atoms with van der Waals surface area (Å²) >= 11 is 0. The van der Waals surface area contributed by atoms with Crippen LogP contribution in [0.1, 0.15) is 12.5 Å². The average molecular weight is 244 g/mol. The lowest BCUT2D eigenvalue weighted by molar-refractivity contribution is -0.127. The smallest absolute Gasteiger partial charge is 0.246 e. The first kappa shape index (κ1) is 12.8. The minimum atomic E-state index is 0.120. The fraction of sp³-hybridized carbons (Fsp3) is 0.400. The Kier molecular flexibility index (Phi) is 4.53. The number of amides is 1. The Morgan fingerprint density at radius 3 is 2.44 bits per heavy atom. The highest BCUT2D eigenvalue weighted by molar-refractivity contribution is 5.91. The summed E-state index contributed by atoms with van der Waals surface area (Å²) in [7, 11) is 0. The first-order valence-electron chi connectivity index (χ1n) is 6.54. The van der Waals surface area contributed by atoms with Gasteiger partial charge in [-0.2, -0.15) is 0 Å². The number of hydrogen-bond donors (Lipinski definition) is 0. The summed E-state index contributed by atoms with van der Waals surface area (Å²) in [5.41, 5.74) is 1.07. The number of rotatable bonds is 3. The van der Waals surface area contributed by atoms with Crippen LogP contribution in [0.5, 0.6) is 0 Å². The van der Waals surface area contributed by atoms with Crippen LogP contribution in [-0.4, -0.2) is 48.4 Å². The van der Waals surface area contributed by atoms with Gasteiger partial charge >= 0.3 is 0 Å². The van der Waals surface area contributed by atoms with Gasteiger partial charge in [0.1, 0.15) is 0 Å². The van der Waals surface area contributed by atoms with Crippen molar-refractivity contribution in [2.75, 3.05) is 32.7 Å². The molecule has 3 heteroatoms. The Morgan fingerprint density at radius 2 is 1.83 bits per heavy atom. The third-order valence-electron chi connectivity index (χ3n) is 3.35. The monoisotopic (exact) mass is 244 g/mol. The van der Waals surface area contributed by atoms with Gasteiger partial charge in [-0.3, -0.25) is 4.79 Å². The first-order chi connectivity index (χ1) is 8.79. The Hall–Kier alpha value is -1.61. The van der Waals surface area contributed by atoms with Crippen molar-refractivity contribution in [1.82, 2.24) is 9.80 Å². The Balaban J connectivity index is 1.87. The Morgan fingerprint density at radius 1 is 1.17 bits per heavy atom. The second kappa shape index (κ2) is 6.36. The van der Waals surface area contributed by atoms with Crippen LogP contribution in [0.2, 0.25) is 0 Å². The number of benzene rings is 1. The van der Waals surface area contributed by atoms with Crippen LogP contribution < -0.4 is 0 Å². The van der Waals surface area contributed by atoms with Gasteiger partial charge in [-0.25, -0.2) is 0 Å². The molecule has 96 valence electrons. The molecule has 0 atom stereocenters. The third-order valence-corrected chi connectivity index (χ3v) is 3.35. The van der Waals surface area contributed by atoms with Crippen molar-refractivity contribution in [2.45, 2.75) is 6.92 Å². The maximum atomic E-state index is 12.0. The van der Waals surface area contributed by atoms with E-state index in [1.54, 1.807) is 6.08 Å². The normalized spacial score (nSPS) is 17.3. The highest BCUT2D eigenvalue weighted by atomic mass is 16.2. The predicted octanol–water partition coefficient (Wildman–Crippen LogP) is 1.86. The lowest BCUT2D eigenvalue weighted by atomic mass is 10.2. The fourth-order valence-electron chi connectivity index (χ4n) is 2.12. The molecule has 0 spiro atoms. The standard InChI is InChI=1S/C15H20N2O/c1-2-16-10-12-17(13-11-16)15(18)9-8-14-6-4-3-5-7-14/h3-9H,2,10-13H2,1H3. The number of nitrogens with zero attached hydrogens (tertiary/aromatic N) is 2. The van der Waals surface area contributed by atoms with Gasteiger partial charge in [-0.15, -0.1) is 0 Å². The second-order valence-electron chi connectivity index (χ2n) is 4.50. The van der Waals surface area contributed by atoms with Crippen molar-refractivity contribution in [3.8, 4) is 0 Å². The van der Waals surface area contributed by atoms with E-state index in [2.05, 4.69) is 11.8 Å². The summed E-state index contributed by atoms with van der Waals surface area (Å²) in [6.45, 7) is 6.88. The van der Waals surface area contributed by atoms with E-state index in [9.17, 15) is 4.79 Å². The van der Waals surface area contributed by atoms with Crippen molar-refractivity contribution in [3.63, 3.8) is 0 Å². The summed E-state index contributed by atoms with van der Waals surface area (Å²) in [6.07, 6.45) is 3.56. The minimum Gasteiger partial charge on any atom is -0.337 e. The summed E-state index contributed by atoms with van der Waals surface area (Å²) in [5.74, 6) is 0.120. The van der Waals surface area contributed by atoms with Crippen LogP contribution in [0.3, 0.4) is 0 Å². The quantitative estimate of drug-likeness (QED) is 0.758. The highest BCUT2D eigenvalue weighted by Crippen LogP contribution is 2.05. The van der Waals surface area contributed by atoms with Crippen LogP contribution >= 0.6 is 0 Å². The molecular weight excluding hydrogens is 224 g/mol. The molecule has 0 bridgehead atoms. The molecule has 18 heavy (non-hydrogen) atoms. The van der Waals surface area contributed by atoms with Gasteiger partial charge in [0.05, 0.1) is 0 Å². The van der Waals surface area contributed by atoms with E-state index >= 15 is 0 Å². The van der Waals surface area contributed by atoms with Gasteiger partial charge < -0.3 is 9.80 Å². The third kappa shape index (κ3) is 3.44. The second-order valence-corrected chi connectivity index (χ2v) is 4.50.